The number of carbonyl (C=O) groups excluding carboxylic acids is 2. The third-order valence-electron chi connectivity index (χ3n) is 4.05. The molecule has 2 aromatic rings. The molecule has 23 heavy (non-hydrogen) atoms. The molecule has 2 aliphatic rings. The molecule has 0 spiro atoms. The number of carbonyl (C=O) groups is 2. The highest BCUT2D eigenvalue weighted by atomic mass is 16.2. The van der Waals surface area contributed by atoms with Crippen LogP contribution in [0.3, 0.4) is 0 Å². The van der Waals surface area contributed by atoms with E-state index in [0.29, 0.717) is 13.1 Å². The third kappa shape index (κ3) is 2.40. The molecule has 1 aromatic heterocycles. The van der Waals surface area contributed by atoms with Crippen molar-refractivity contribution in [2.75, 3.05) is 6.54 Å². The molecule has 2 amide bonds. The second kappa shape index (κ2) is 5.36. The Morgan fingerprint density at radius 2 is 2.04 bits per heavy atom. The Balaban J connectivity index is 1.58. The van der Waals surface area contributed by atoms with Gasteiger partial charge in [0.25, 0.3) is 0 Å². The summed E-state index contributed by atoms with van der Waals surface area (Å²) in [7, 11) is 0. The van der Waals surface area contributed by atoms with Gasteiger partial charge in [0.2, 0.25) is 0 Å². The Morgan fingerprint density at radius 1 is 1.17 bits per heavy atom. The van der Waals surface area contributed by atoms with E-state index in [2.05, 4.69) is 26.8 Å². The van der Waals surface area contributed by atoms with Crippen molar-refractivity contribution >= 4 is 22.7 Å². The number of nitrogens with zero attached hydrogens (tertiary/aromatic N) is 3. The number of rotatable bonds is 2. The summed E-state index contributed by atoms with van der Waals surface area (Å²) in [4.78, 5) is 31.1. The van der Waals surface area contributed by atoms with Crippen LogP contribution < -0.4 is 10.9 Å². The predicted molar refractivity (Wildman–Crippen MR) is 83.2 cm³/mol. The smallest absolute Gasteiger partial charge is 0.324 e. The molecular formula is C16H15N5O2. The normalized spacial score (nSPS) is 20.6. The lowest BCUT2D eigenvalue weighted by Gasteiger charge is -2.40. The minimum Gasteiger partial charge on any atom is -0.368 e. The summed E-state index contributed by atoms with van der Waals surface area (Å²) in [5, 5.41) is 1.10. The van der Waals surface area contributed by atoms with E-state index in [0.717, 1.165) is 16.5 Å². The lowest BCUT2D eigenvalue weighted by molar-refractivity contribution is -0.151. The first-order chi connectivity index (χ1) is 11.2. The van der Waals surface area contributed by atoms with Crippen molar-refractivity contribution in [2.45, 2.75) is 12.7 Å². The third-order valence-corrected chi connectivity index (χ3v) is 4.05. The molecule has 2 aliphatic heterocycles. The van der Waals surface area contributed by atoms with Crippen molar-refractivity contribution < 1.29 is 9.59 Å². The van der Waals surface area contributed by atoms with Crippen LogP contribution in [0.25, 0.3) is 10.9 Å². The van der Waals surface area contributed by atoms with Crippen LogP contribution in [0.5, 0.6) is 0 Å². The summed E-state index contributed by atoms with van der Waals surface area (Å²) < 4.78 is 0. The number of amides is 2. The highest BCUT2D eigenvalue weighted by molar-refractivity contribution is 6.35. The Kier molecular flexibility index (Phi) is 3.20. The fourth-order valence-corrected chi connectivity index (χ4v) is 2.92. The second-order valence-electron chi connectivity index (χ2n) is 5.55. The van der Waals surface area contributed by atoms with Crippen molar-refractivity contribution in [3.05, 3.63) is 54.5 Å². The van der Waals surface area contributed by atoms with Crippen LogP contribution in [0.15, 0.2) is 48.9 Å². The number of nitrogens with one attached hydrogen (secondary N) is 2. The van der Waals surface area contributed by atoms with Crippen LogP contribution >= 0.6 is 0 Å². The number of hydrazine groups is 1. The number of pyridine rings is 1. The van der Waals surface area contributed by atoms with Crippen LogP contribution in [-0.4, -0.2) is 39.3 Å². The Bertz CT molecular complexity index is 814. The zero-order valence-electron chi connectivity index (χ0n) is 12.3. The van der Waals surface area contributed by atoms with Gasteiger partial charge in [0.15, 0.2) is 0 Å². The number of para-hydroxylation sites is 1. The molecule has 7 nitrogen and oxygen atoms in total. The summed E-state index contributed by atoms with van der Waals surface area (Å²) in [6.45, 7) is 1.25. The first-order valence-corrected chi connectivity index (χ1v) is 7.35. The van der Waals surface area contributed by atoms with Gasteiger partial charge in [-0.05, 0) is 11.6 Å². The van der Waals surface area contributed by atoms with Gasteiger partial charge in [-0.2, -0.15) is 0 Å². The molecule has 2 N–H and O–H groups in total. The molecule has 116 valence electrons. The number of aromatic nitrogens is 1. The number of fused-ring (bicyclic) bond motifs is 2. The van der Waals surface area contributed by atoms with Crippen molar-refractivity contribution in [2.24, 2.45) is 0 Å². The molecule has 4 rings (SSSR count). The van der Waals surface area contributed by atoms with E-state index in [1.54, 1.807) is 12.4 Å². The van der Waals surface area contributed by atoms with E-state index >= 15 is 0 Å². The molecule has 0 radical (unpaired) electrons. The molecule has 1 saturated heterocycles. The predicted octanol–water partition coefficient (Wildman–Crippen LogP) is 0.311. The number of hydrogen-bond acceptors (Lipinski definition) is 5. The topological polar surface area (TPSA) is 77.6 Å². The van der Waals surface area contributed by atoms with Crippen molar-refractivity contribution in [1.82, 2.24) is 25.6 Å². The van der Waals surface area contributed by atoms with Gasteiger partial charge in [0, 0.05) is 30.5 Å². The van der Waals surface area contributed by atoms with Crippen molar-refractivity contribution in [3.63, 3.8) is 0 Å². The first-order valence-electron chi connectivity index (χ1n) is 7.35. The SMILES string of the molecule is O=C1NNC2CN(Cc3cccc4cccnc34)C=CN2C1=O. The molecular weight excluding hydrogens is 294 g/mol. The monoisotopic (exact) mass is 309 g/mol. The van der Waals surface area contributed by atoms with Gasteiger partial charge in [-0.3, -0.25) is 24.9 Å². The van der Waals surface area contributed by atoms with Gasteiger partial charge >= 0.3 is 11.8 Å². The van der Waals surface area contributed by atoms with E-state index < -0.39 is 11.8 Å². The fraction of sp³-hybridized carbons (Fsp3) is 0.188. The van der Waals surface area contributed by atoms with Gasteiger partial charge in [0.05, 0.1) is 12.1 Å². The molecule has 0 aliphatic carbocycles. The average molecular weight is 309 g/mol. The summed E-state index contributed by atoms with van der Waals surface area (Å²) in [5.41, 5.74) is 7.34. The van der Waals surface area contributed by atoms with Gasteiger partial charge in [0.1, 0.15) is 6.17 Å². The molecule has 1 atom stereocenters. The molecule has 0 bridgehead atoms. The van der Waals surface area contributed by atoms with Crippen LogP contribution in [0.1, 0.15) is 5.56 Å². The second-order valence-corrected chi connectivity index (χ2v) is 5.55. The zero-order valence-corrected chi connectivity index (χ0v) is 12.3. The van der Waals surface area contributed by atoms with Crippen LogP contribution in [0.4, 0.5) is 0 Å². The maximum absolute atomic E-state index is 11.8. The van der Waals surface area contributed by atoms with Gasteiger partial charge in [-0.1, -0.05) is 24.3 Å². The largest absolute Gasteiger partial charge is 0.368 e. The lowest BCUT2D eigenvalue weighted by atomic mass is 10.1. The van der Waals surface area contributed by atoms with E-state index in [-0.39, 0.29) is 6.17 Å². The summed E-state index contributed by atoms with van der Waals surface area (Å²) in [5.74, 6) is -1.19. The van der Waals surface area contributed by atoms with Crippen LogP contribution in [-0.2, 0) is 16.1 Å². The first kappa shape index (κ1) is 13.7. The molecule has 1 fully saturated rings. The van der Waals surface area contributed by atoms with Crippen molar-refractivity contribution in [1.29, 1.82) is 0 Å². The maximum Gasteiger partial charge on any atom is 0.324 e. The number of benzene rings is 1. The van der Waals surface area contributed by atoms with Crippen molar-refractivity contribution in [3.8, 4) is 0 Å². The molecule has 0 saturated carbocycles. The standard InChI is InChI=1S/C16H15N5O2/c22-15-16(23)21-8-7-20(10-13(21)18-19-15)9-12-4-1-3-11-5-2-6-17-14(11)12/h1-8,13,18H,9-10H2,(H,19,22). The molecule has 3 heterocycles. The van der Waals surface area contributed by atoms with Gasteiger partial charge in [-0.15, -0.1) is 0 Å². The van der Waals surface area contributed by atoms with Crippen LogP contribution in [0, 0.1) is 0 Å². The fourth-order valence-electron chi connectivity index (χ4n) is 2.92. The summed E-state index contributed by atoms with van der Waals surface area (Å²) in [6, 6.07) is 10.1. The highest BCUT2D eigenvalue weighted by Crippen LogP contribution is 2.20. The number of hydrogen-bond donors (Lipinski definition) is 2. The molecule has 1 aromatic carbocycles. The van der Waals surface area contributed by atoms with E-state index in [4.69, 9.17) is 0 Å². The average Bonchev–Trinajstić information content (AvgIpc) is 2.59. The van der Waals surface area contributed by atoms with Gasteiger partial charge in [-0.25, -0.2) is 5.43 Å². The minimum absolute atomic E-state index is 0.270. The zero-order chi connectivity index (χ0) is 15.8. The van der Waals surface area contributed by atoms with Crippen LogP contribution in [0.2, 0.25) is 0 Å². The highest BCUT2D eigenvalue weighted by Gasteiger charge is 2.35. The Labute approximate surface area is 132 Å². The Hall–Kier alpha value is -2.93. The lowest BCUT2D eigenvalue weighted by Crippen LogP contribution is -2.66. The van der Waals surface area contributed by atoms with Gasteiger partial charge < -0.3 is 4.90 Å². The Morgan fingerprint density at radius 3 is 2.96 bits per heavy atom. The quantitative estimate of drug-likeness (QED) is 0.781. The van der Waals surface area contributed by atoms with E-state index in [9.17, 15) is 9.59 Å². The minimum atomic E-state index is -0.641. The van der Waals surface area contributed by atoms with E-state index in [1.165, 1.54) is 4.90 Å². The summed E-state index contributed by atoms with van der Waals surface area (Å²) in [6.07, 6.45) is 4.99. The van der Waals surface area contributed by atoms with E-state index in [1.807, 2.05) is 30.5 Å². The molecule has 7 heteroatoms. The molecule has 1 unspecified atom stereocenters. The summed E-state index contributed by atoms with van der Waals surface area (Å²) >= 11 is 0. The maximum atomic E-state index is 11.8.